The van der Waals surface area contributed by atoms with Crippen LogP contribution >= 0.6 is 23.2 Å². The Morgan fingerprint density at radius 1 is 1.03 bits per heavy atom. The average Bonchev–Trinajstić information content (AvgIpc) is 3.04. The summed E-state index contributed by atoms with van der Waals surface area (Å²) in [6.45, 7) is -1.02. The zero-order valence-corrected chi connectivity index (χ0v) is 16.3. The molecular formula is C19H15Cl2F3N2O3. The number of rotatable bonds is 3. The number of benzene rings is 2. The number of amides is 2. The van der Waals surface area contributed by atoms with E-state index < -0.39 is 36.6 Å². The van der Waals surface area contributed by atoms with Gasteiger partial charge >= 0.3 is 6.18 Å². The zero-order valence-electron chi connectivity index (χ0n) is 14.8. The molecule has 0 aliphatic carbocycles. The molecule has 1 saturated heterocycles. The van der Waals surface area contributed by atoms with Gasteiger partial charge in [-0.25, -0.2) is 0 Å². The molecule has 1 heterocycles. The van der Waals surface area contributed by atoms with E-state index in [1.165, 1.54) is 42.5 Å². The lowest BCUT2D eigenvalue weighted by Gasteiger charge is -2.25. The van der Waals surface area contributed by atoms with Crippen LogP contribution in [0.1, 0.15) is 27.1 Å². The first-order valence-electron chi connectivity index (χ1n) is 8.44. The van der Waals surface area contributed by atoms with Crippen LogP contribution < -0.4 is 5.32 Å². The van der Waals surface area contributed by atoms with Crippen molar-refractivity contribution in [1.82, 2.24) is 4.90 Å². The van der Waals surface area contributed by atoms with Crippen LogP contribution in [0.4, 0.5) is 18.9 Å². The topological polar surface area (TPSA) is 69.6 Å². The minimum Gasteiger partial charge on any atom is -0.379 e. The molecule has 1 aliphatic rings. The van der Waals surface area contributed by atoms with Crippen LogP contribution in [0.25, 0.3) is 0 Å². The minimum atomic E-state index is -4.81. The predicted molar refractivity (Wildman–Crippen MR) is 102 cm³/mol. The number of β-amino-alcohol motifs (C(OH)–C–C–N with tert-alkyl or cyclic N) is 1. The number of likely N-dealkylation sites (tertiary alicyclic amines) is 1. The van der Waals surface area contributed by atoms with Crippen molar-refractivity contribution in [3.05, 3.63) is 63.6 Å². The maximum absolute atomic E-state index is 12.9. The molecule has 1 fully saturated rings. The van der Waals surface area contributed by atoms with E-state index in [1.54, 1.807) is 0 Å². The second-order valence-corrected chi connectivity index (χ2v) is 7.57. The molecule has 0 unspecified atom stereocenters. The van der Waals surface area contributed by atoms with Gasteiger partial charge in [0.25, 0.3) is 11.8 Å². The lowest BCUT2D eigenvalue weighted by molar-refractivity contribution is -0.253. The van der Waals surface area contributed by atoms with E-state index in [-0.39, 0.29) is 17.7 Å². The number of nitrogens with zero attached hydrogens (tertiary/aromatic N) is 1. The number of carbonyl (C=O) groups excluding carboxylic acids is 2. The fraction of sp³-hybridized carbons (Fsp3) is 0.263. The van der Waals surface area contributed by atoms with Crippen LogP contribution in [0.3, 0.4) is 0 Å². The van der Waals surface area contributed by atoms with Gasteiger partial charge in [-0.2, -0.15) is 13.2 Å². The van der Waals surface area contributed by atoms with Crippen LogP contribution in [-0.4, -0.2) is 46.7 Å². The largest absolute Gasteiger partial charge is 0.419 e. The first kappa shape index (κ1) is 21.4. The van der Waals surface area contributed by atoms with E-state index >= 15 is 0 Å². The molecule has 5 nitrogen and oxygen atoms in total. The highest BCUT2D eigenvalue weighted by atomic mass is 35.5. The van der Waals surface area contributed by atoms with Crippen molar-refractivity contribution in [2.24, 2.45) is 0 Å². The average molecular weight is 447 g/mol. The lowest BCUT2D eigenvalue weighted by atomic mass is 10.0. The number of nitrogens with one attached hydrogen (secondary N) is 1. The normalized spacial score (nSPS) is 19.3. The Bertz CT molecular complexity index is 930. The Morgan fingerprint density at radius 2 is 1.62 bits per heavy atom. The van der Waals surface area contributed by atoms with Crippen molar-refractivity contribution in [3.63, 3.8) is 0 Å². The highest BCUT2D eigenvalue weighted by molar-refractivity contribution is 6.35. The van der Waals surface area contributed by atoms with E-state index in [0.717, 1.165) is 4.90 Å². The van der Waals surface area contributed by atoms with Crippen molar-refractivity contribution in [2.75, 3.05) is 18.4 Å². The van der Waals surface area contributed by atoms with Crippen LogP contribution in [-0.2, 0) is 0 Å². The number of carbonyl (C=O) groups is 2. The van der Waals surface area contributed by atoms with Crippen LogP contribution in [0.15, 0.2) is 42.5 Å². The molecule has 0 aromatic heterocycles. The first-order chi connectivity index (χ1) is 13.5. The molecule has 2 aromatic rings. The molecule has 10 heteroatoms. The second-order valence-electron chi connectivity index (χ2n) is 6.70. The quantitative estimate of drug-likeness (QED) is 0.734. The molecule has 0 saturated carbocycles. The molecule has 0 bridgehead atoms. The molecule has 29 heavy (non-hydrogen) atoms. The monoisotopic (exact) mass is 446 g/mol. The van der Waals surface area contributed by atoms with E-state index in [0.29, 0.717) is 15.7 Å². The summed E-state index contributed by atoms with van der Waals surface area (Å²) in [5.74, 6) is -1.10. The Balaban J connectivity index is 1.67. The van der Waals surface area contributed by atoms with Gasteiger partial charge in [-0.05, 0) is 42.5 Å². The summed E-state index contributed by atoms with van der Waals surface area (Å²) in [5.41, 5.74) is -2.14. The molecule has 154 valence electrons. The fourth-order valence-corrected chi connectivity index (χ4v) is 3.49. The van der Waals surface area contributed by atoms with Gasteiger partial charge < -0.3 is 15.3 Å². The highest BCUT2D eigenvalue weighted by Crippen LogP contribution is 2.38. The van der Waals surface area contributed by atoms with E-state index in [1.807, 2.05) is 0 Å². The molecule has 2 amide bonds. The third-order valence-corrected chi connectivity index (χ3v) is 5.01. The van der Waals surface area contributed by atoms with Gasteiger partial charge in [0.2, 0.25) is 0 Å². The minimum absolute atomic E-state index is 0.139. The van der Waals surface area contributed by atoms with Crippen LogP contribution in [0.2, 0.25) is 10.0 Å². The Labute approximate surface area is 174 Å². The number of hydrogen-bond acceptors (Lipinski definition) is 3. The number of anilines is 1. The van der Waals surface area contributed by atoms with Gasteiger partial charge in [-0.1, -0.05) is 23.2 Å². The van der Waals surface area contributed by atoms with Gasteiger partial charge in [0.15, 0.2) is 5.60 Å². The standard InChI is InChI=1S/C19H15Cl2F3N2O3/c20-13-7-12(8-14(21)9-13)16(27)25-15-3-1-11(2-4-15)17(28)26-6-5-18(29,10-26)19(22,23)24/h1-4,7-9,29H,5-6,10H2,(H,25,27)/t18-/m0/s1. The predicted octanol–water partition coefficient (Wildman–Crippen LogP) is 4.39. The zero-order chi connectivity index (χ0) is 21.4. The van der Waals surface area contributed by atoms with Crippen LogP contribution in [0, 0.1) is 0 Å². The van der Waals surface area contributed by atoms with E-state index in [9.17, 15) is 27.9 Å². The molecule has 2 aromatic carbocycles. The highest BCUT2D eigenvalue weighted by Gasteiger charge is 2.57. The summed E-state index contributed by atoms with van der Waals surface area (Å²) in [4.78, 5) is 25.6. The molecule has 0 radical (unpaired) electrons. The molecule has 1 atom stereocenters. The summed E-state index contributed by atoms with van der Waals surface area (Å²) in [6.07, 6.45) is -5.38. The van der Waals surface area contributed by atoms with Crippen molar-refractivity contribution in [3.8, 4) is 0 Å². The molecule has 0 spiro atoms. The smallest absolute Gasteiger partial charge is 0.379 e. The molecule has 1 aliphatic heterocycles. The summed E-state index contributed by atoms with van der Waals surface area (Å²) >= 11 is 11.7. The fourth-order valence-electron chi connectivity index (χ4n) is 2.97. The SMILES string of the molecule is O=C(Nc1ccc(C(=O)N2CC[C@@](O)(C(F)(F)F)C2)cc1)c1cc(Cl)cc(Cl)c1. The van der Waals surface area contributed by atoms with Crippen molar-refractivity contribution >= 4 is 40.7 Å². The van der Waals surface area contributed by atoms with E-state index in [4.69, 9.17) is 23.2 Å². The Morgan fingerprint density at radius 3 is 2.14 bits per heavy atom. The number of aliphatic hydroxyl groups is 1. The first-order valence-corrected chi connectivity index (χ1v) is 9.20. The van der Waals surface area contributed by atoms with Crippen molar-refractivity contribution in [1.29, 1.82) is 0 Å². The van der Waals surface area contributed by atoms with Crippen molar-refractivity contribution < 1.29 is 27.9 Å². The van der Waals surface area contributed by atoms with Gasteiger partial charge in [-0.15, -0.1) is 0 Å². The van der Waals surface area contributed by atoms with Gasteiger partial charge in [0.1, 0.15) is 0 Å². The van der Waals surface area contributed by atoms with Gasteiger partial charge in [0.05, 0.1) is 6.54 Å². The molecule has 2 N–H and O–H groups in total. The number of halogens is 5. The van der Waals surface area contributed by atoms with Gasteiger partial charge in [-0.3, -0.25) is 9.59 Å². The number of alkyl halides is 3. The second kappa shape index (κ2) is 7.85. The van der Waals surface area contributed by atoms with Crippen LogP contribution in [0.5, 0.6) is 0 Å². The summed E-state index contributed by atoms with van der Waals surface area (Å²) in [5, 5.41) is 12.9. The Hall–Kier alpha value is -2.29. The number of hydrogen-bond donors (Lipinski definition) is 2. The maximum Gasteiger partial charge on any atom is 0.419 e. The van der Waals surface area contributed by atoms with Crippen molar-refractivity contribution in [2.45, 2.75) is 18.2 Å². The maximum atomic E-state index is 12.9. The third kappa shape index (κ3) is 4.66. The molecule has 3 rings (SSSR count). The third-order valence-electron chi connectivity index (χ3n) is 4.58. The van der Waals surface area contributed by atoms with Gasteiger partial charge in [0, 0.05) is 39.8 Å². The Kier molecular flexibility index (Phi) is 5.80. The lowest BCUT2D eigenvalue weighted by Crippen LogP contribution is -2.48. The molecular weight excluding hydrogens is 432 g/mol. The summed E-state index contributed by atoms with van der Waals surface area (Å²) in [6, 6.07) is 10.0. The summed E-state index contributed by atoms with van der Waals surface area (Å²) in [7, 11) is 0. The summed E-state index contributed by atoms with van der Waals surface area (Å²) < 4.78 is 38.7. The van der Waals surface area contributed by atoms with E-state index in [2.05, 4.69) is 5.32 Å².